The maximum atomic E-state index is 12.8. The normalized spacial score (nSPS) is 14.0. The number of carbonyl (C=O) groups is 4. The molecule has 5 N–H and O–H groups in total. The van der Waals surface area contributed by atoms with E-state index in [9.17, 15) is 39.6 Å². The number of rotatable bonds is 19. The Labute approximate surface area is 260 Å². The van der Waals surface area contributed by atoms with Crippen LogP contribution in [0.2, 0.25) is 0 Å². The van der Waals surface area contributed by atoms with Gasteiger partial charge in [0.05, 0.1) is 0 Å². The van der Waals surface area contributed by atoms with Crippen LogP contribution >= 0.6 is 0 Å². The summed E-state index contributed by atoms with van der Waals surface area (Å²) in [5.74, 6) is -4.68. The number of hydrogen-bond donors (Lipinski definition) is 5. The molecule has 0 amide bonds. The summed E-state index contributed by atoms with van der Waals surface area (Å²) in [5, 5.41) is 47.6. The smallest absolute Gasteiger partial charge is 0.332 e. The van der Waals surface area contributed by atoms with E-state index in [0.717, 1.165) is 31.2 Å². The van der Waals surface area contributed by atoms with Gasteiger partial charge in [-0.25, -0.2) is 19.2 Å². The van der Waals surface area contributed by atoms with E-state index in [0.29, 0.717) is 0 Å². The number of aliphatic hydroxyl groups excluding tert-OH is 1. The second-order valence-corrected chi connectivity index (χ2v) is 10.6. The Kier molecular flexibility index (Phi) is 18.6. The van der Waals surface area contributed by atoms with Crippen molar-refractivity contribution >= 4 is 30.0 Å². The molecule has 2 atom stereocenters. The van der Waals surface area contributed by atoms with Gasteiger partial charge in [-0.15, -0.1) is 0 Å². The molecule has 0 saturated carbocycles. The Bertz CT molecular complexity index is 1230. The van der Waals surface area contributed by atoms with Crippen molar-refractivity contribution in [3.05, 3.63) is 89.1 Å². The van der Waals surface area contributed by atoms with Crippen molar-refractivity contribution in [2.75, 3.05) is 6.61 Å². The molecule has 0 aromatic heterocycles. The Balaban J connectivity index is 0.00000278. The van der Waals surface area contributed by atoms with Gasteiger partial charge in [0.25, 0.3) is 0 Å². The van der Waals surface area contributed by atoms with Crippen molar-refractivity contribution in [3.8, 4) is 0 Å². The molecule has 9 heteroatoms. The van der Waals surface area contributed by atoms with Gasteiger partial charge in [-0.05, 0) is 55.7 Å². The largest absolute Gasteiger partial charge is 0.478 e. The number of benzene rings is 1. The number of aliphatic carboxylic acids is 4. The second-order valence-electron chi connectivity index (χ2n) is 10.6. The SMILES string of the molecule is C=C(C(=O)O)C(C=Cc1ccccc1)(CC)C(C=C(CCCO)C(=O)O)=C(CC(CC)CCCC)C(=O)O.C=C(C)C(=O)O. The molecule has 0 saturated heterocycles. The molecule has 242 valence electrons. The van der Waals surface area contributed by atoms with Crippen molar-refractivity contribution in [2.45, 2.75) is 79.1 Å². The Morgan fingerprint density at radius 3 is 1.89 bits per heavy atom. The lowest BCUT2D eigenvalue weighted by atomic mass is 9.68. The third-order valence-electron chi connectivity index (χ3n) is 7.38. The minimum Gasteiger partial charge on any atom is -0.478 e. The molecule has 1 rings (SSSR count). The fourth-order valence-corrected chi connectivity index (χ4v) is 4.58. The first-order valence-corrected chi connectivity index (χ1v) is 14.8. The molecular weight excluding hydrogens is 564 g/mol. The highest BCUT2D eigenvalue weighted by Crippen LogP contribution is 2.45. The molecule has 44 heavy (non-hydrogen) atoms. The zero-order valence-corrected chi connectivity index (χ0v) is 26.3. The first kappa shape index (κ1) is 39.8. The van der Waals surface area contributed by atoms with E-state index >= 15 is 0 Å². The van der Waals surface area contributed by atoms with Crippen molar-refractivity contribution < 1.29 is 44.7 Å². The van der Waals surface area contributed by atoms with Crippen LogP contribution in [0.25, 0.3) is 6.08 Å². The Morgan fingerprint density at radius 1 is 0.886 bits per heavy atom. The molecule has 2 unspecified atom stereocenters. The van der Waals surface area contributed by atoms with E-state index < -0.39 is 29.3 Å². The highest BCUT2D eigenvalue weighted by molar-refractivity contribution is 5.95. The molecule has 0 bridgehead atoms. The van der Waals surface area contributed by atoms with Gasteiger partial charge in [0.1, 0.15) is 0 Å². The van der Waals surface area contributed by atoms with Crippen LogP contribution in [0.4, 0.5) is 0 Å². The van der Waals surface area contributed by atoms with Crippen LogP contribution < -0.4 is 0 Å². The van der Waals surface area contributed by atoms with Gasteiger partial charge in [0.2, 0.25) is 0 Å². The summed E-state index contributed by atoms with van der Waals surface area (Å²) < 4.78 is 0. The number of hydrogen-bond acceptors (Lipinski definition) is 5. The van der Waals surface area contributed by atoms with E-state index in [-0.39, 0.29) is 66.1 Å². The number of allylic oxidation sites excluding steroid dienone is 3. The number of unbranched alkanes of at least 4 members (excludes halogenated alkanes) is 1. The molecule has 0 aliphatic heterocycles. The predicted octanol–water partition coefficient (Wildman–Crippen LogP) is 7.16. The molecule has 1 aromatic rings. The van der Waals surface area contributed by atoms with E-state index in [2.05, 4.69) is 20.1 Å². The molecule has 1 aromatic carbocycles. The molecule has 0 aliphatic rings. The molecule has 9 nitrogen and oxygen atoms in total. The summed E-state index contributed by atoms with van der Waals surface area (Å²) in [4.78, 5) is 46.9. The van der Waals surface area contributed by atoms with E-state index in [4.69, 9.17) is 5.11 Å². The third kappa shape index (κ3) is 13.0. The zero-order valence-electron chi connectivity index (χ0n) is 26.3. The lowest BCUT2D eigenvalue weighted by Gasteiger charge is -2.34. The lowest BCUT2D eigenvalue weighted by molar-refractivity contribution is -0.134. The van der Waals surface area contributed by atoms with Crippen LogP contribution in [0.5, 0.6) is 0 Å². The molecule has 0 aliphatic carbocycles. The fourth-order valence-electron chi connectivity index (χ4n) is 4.58. The van der Waals surface area contributed by atoms with Gasteiger partial charge in [0, 0.05) is 34.3 Å². The zero-order chi connectivity index (χ0) is 33.9. The highest BCUT2D eigenvalue weighted by atomic mass is 16.4. The quantitative estimate of drug-likeness (QED) is 0.0804. The van der Waals surface area contributed by atoms with Crippen LogP contribution in [-0.4, -0.2) is 56.0 Å². The first-order chi connectivity index (χ1) is 20.7. The van der Waals surface area contributed by atoms with Gasteiger partial charge < -0.3 is 25.5 Å². The average molecular weight is 613 g/mol. The minimum atomic E-state index is -1.49. The molecule has 0 fully saturated rings. The second kappa shape index (κ2) is 20.6. The number of carboxylic acid groups (broad SMARTS) is 4. The summed E-state index contributed by atoms with van der Waals surface area (Å²) in [6.45, 7) is 14.0. The summed E-state index contributed by atoms with van der Waals surface area (Å²) >= 11 is 0. The lowest BCUT2D eigenvalue weighted by Crippen LogP contribution is -2.30. The number of carboxylic acids is 4. The van der Waals surface area contributed by atoms with E-state index in [1.54, 1.807) is 19.1 Å². The van der Waals surface area contributed by atoms with Gasteiger partial charge >= 0.3 is 23.9 Å². The maximum Gasteiger partial charge on any atom is 0.332 e. The molecule has 0 spiro atoms. The van der Waals surface area contributed by atoms with Gasteiger partial charge in [-0.1, -0.05) is 102 Å². The third-order valence-corrected chi connectivity index (χ3v) is 7.38. The first-order valence-electron chi connectivity index (χ1n) is 14.8. The average Bonchev–Trinajstić information content (AvgIpc) is 2.99. The van der Waals surface area contributed by atoms with Crippen LogP contribution in [0.1, 0.15) is 84.6 Å². The Morgan fingerprint density at radius 2 is 1.48 bits per heavy atom. The molecule has 0 heterocycles. The summed E-state index contributed by atoms with van der Waals surface area (Å²) in [5.41, 5.74) is -0.788. The van der Waals surface area contributed by atoms with E-state index in [1.165, 1.54) is 13.0 Å². The van der Waals surface area contributed by atoms with Crippen molar-refractivity contribution in [2.24, 2.45) is 11.3 Å². The van der Waals surface area contributed by atoms with Crippen molar-refractivity contribution in [1.82, 2.24) is 0 Å². The highest BCUT2D eigenvalue weighted by Gasteiger charge is 2.39. The van der Waals surface area contributed by atoms with Gasteiger partial charge in [-0.2, -0.15) is 0 Å². The van der Waals surface area contributed by atoms with Gasteiger partial charge in [0.15, 0.2) is 0 Å². The van der Waals surface area contributed by atoms with Crippen LogP contribution in [0.15, 0.2) is 83.5 Å². The molecular formula is C35H48O9. The molecule has 0 radical (unpaired) electrons. The van der Waals surface area contributed by atoms with Gasteiger partial charge in [-0.3, -0.25) is 0 Å². The minimum absolute atomic E-state index is 0.00296. The fraction of sp³-hybridized carbons (Fsp3) is 0.429. The summed E-state index contributed by atoms with van der Waals surface area (Å²) in [6.07, 6.45) is 8.52. The summed E-state index contributed by atoms with van der Waals surface area (Å²) in [7, 11) is 0. The number of aliphatic hydroxyl groups is 1. The van der Waals surface area contributed by atoms with Crippen LogP contribution in [0.3, 0.4) is 0 Å². The topological polar surface area (TPSA) is 169 Å². The Hall–Kier alpha value is -4.24. The van der Waals surface area contributed by atoms with Crippen molar-refractivity contribution in [1.29, 1.82) is 0 Å². The monoisotopic (exact) mass is 612 g/mol. The van der Waals surface area contributed by atoms with E-state index in [1.807, 2.05) is 37.3 Å². The van der Waals surface area contributed by atoms with Crippen LogP contribution in [0, 0.1) is 11.3 Å². The standard InChI is InChI=1S/C31H42O7.C4H6O2/c1-5-8-13-23(6-2)20-26(30(37)38)27(21-25(29(35)36)16-12-19-32)31(7-3,22(4)28(33)34)18-17-24-14-10-9-11-15-24;1-3(2)4(5)6/h9-11,14-15,17-18,21,23,32H,4-8,12-13,16,19-20H2,1-3H3,(H,33,34)(H,35,36)(H,37,38);1H2,2H3,(H,5,6). The predicted molar refractivity (Wildman–Crippen MR) is 172 cm³/mol. The van der Waals surface area contributed by atoms with Crippen molar-refractivity contribution in [3.63, 3.8) is 0 Å². The van der Waals surface area contributed by atoms with Crippen LogP contribution in [-0.2, 0) is 19.2 Å². The maximum absolute atomic E-state index is 12.8. The summed E-state index contributed by atoms with van der Waals surface area (Å²) in [6, 6.07) is 9.17.